The summed E-state index contributed by atoms with van der Waals surface area (Å²) in [6, 6.07) is 0.598. The van der Waals surface area contributed by atoms with Crippen LogP contribution in [-0.4, -0.2) is 55.1 Å². The highest BCUT2D eigenvalue weighted by atomic mass is 15.3. The van der Waals surface area contributed by atoms with Crippen molar-refractivity contribution in [3.05, 3.63) is 0 Å². The van der Waals surface area contributed by atoms with Crippen molar-refractivity contribution in [1.82, 2.24) is 9.80 Å². The van der Waals surface area contributed by atoms with Crippen molar-refractivity contribution in [2.75, 3.05) is 39.3 Å². The molecule has 3 nitrogen and oxygen atoms in total. The molecule has 1 rings (SSSR count). The topological polar surface area (TPSA) is 32.5 Å². The summed E-state index contributed by atoms with van der Waals surface area (Å²) < 4.78 is 0. The van der Waals surface area contributed by atoms with Gasteiger partial charge in [-0.3, -0.25) is 4.90 Å². The predicted octanol–water partition coefficient (Wildman–Crippen LogP) is 2.02. The molecule has 1 heterocycles. The van der Waals surface area contributed by atoms with Crippen LogP contribution < -0.4 is 5.73 Å². The van der Waals surface area contributed by atoms with E-state index in [4.69, 9.17) is 5.73 Å². The first kappa shape index (κ1) is 15.9. The molecule has 0 amide bonds. The quantitative estimate of drug-likeness (QED) is 0.755. The highest BCUT2D eigenvalue weighted by molar-refractivity contribution is 4.83. The summed E-state index contributed by atoms with van der Waals surface area (Å²) in [5.41, 5.74) is 6.02. The lowest BCUT2D eigenvalue weighted by molar-refractivity contribution is 0.0652. The normalized spacial score (nSPS) is 20.8. The molecule has 0 aliphatic carbocycles. The molecule has 0 radical (unpaired) electrons. The Morgan fingerprint density at radius 3 is 1.94 bits per heavy atom. The zero-order valence-corrected chi connectivity index (χ0v) is 12.9. The van der Waals surface area contributed by atoms with Crippen molar-refractivity contribution in [2.45, 2.75) is 46.6 Å². The van der Waals surface area contributed by atoms with E-state index in [1.807, 2.05) is 0 Å². The van der Waals surface area contributed by atoms with E-state index in [-0.39, 0.29) is 0 Å². The molecule has 1 unspecified atom stereocenters. The number of hydrogen-bond donors (Lipinski definition) is 1. The average molecular weight is 255 g/mol. The van der Waals surface area contributed by atoms with E-state index in [0.29, 0.717) is 6.04 Å². The van der Waals surface area contributed by atoms with Gasteiger partial charge in [0.1, 0.15) is 0 Å². The molecule has 0 aromatic rings. The molecule has 1 aliphatic heterocycles. The Morgan fingerprint density at radius 1 is 1.00 bits per heavy atom. The number of piperazine rings is 1. The molecule has 3 heteroatoms. The second-order valence-corrected chi connectivity index (χ2v) is 6.11. The SMILES string of the molecule is CCC(CC)C(CN)N1CCN(CC(C)C)CC1. The monoisotopic (exact) mass is 255 g/mol. The van der Waals surface area contributed by atoms with Crippen LogP contribution in [0.15, 0.2) is 0 Å². The van der Waals surface area contributed by atoms with E-state index in [2.05, 4.69) is 37.5 Å². The van der Waals surface area contributed by atoms with Crippen LogP contribution in [0.2, 0.25) is 0 Å². The molecule has 108 valence electrons. The zero-order chi connectivity index (χ0) is 13.5. The third-order valence-corrected chi connectivity index (χ3v) is 4.33. The van der Waals surface area contributed by atoms with Crippen LogP contribution in [0.1, 0.15) is 40.5 Å². The largest absolute Gasteiger partial charge is 0.329 e. The van der Waals surface area contributed by atoms with Gasteiger partial charge in [-0.1, -0.05) is 40.5 Å². The Morgan fingerprint density at radius 2 is 1.56 bits per heavy atom. The fraction of sp³-hybridized carbons (Fsp3) is 1.00. The van der Waals surface area contributed by atoms with Gasteiger partial charge in [0.25, 0.3) is 0 Å². The summed E-state index contributed by atoms with van der Waals surface area (Å²) in [6.07, 6.45) is 2.51. The van der Waals surface area contributed by atoms with E-state index in [1.165, 1.54) is 45.6 Å². The maximum Gasteiger partial charge on any atom is 0.0247 e. The smallest absolute Gasteiger partial charge is 0.0247 e. The van der Waals surface area contributed by atoms with Crippen LogP contribution in [0, 0.1) is 11.8 Å². The first-order valence-corrected chi connectivity index (χ1v) is 7.78. The van der Waals surface area contributed by atoms with Crippen molar-refractivity contribution in [3.8, 4) is 0 Å². The summed E-state index contributed by atoms with van der Waals surface area (Å²) in [6.45, 7) is 16.1. The lowest BCUT2D eigenvalue weighted by Gasteiger charge is -2.42. The molecule has 1 atom stereocenters. The Kier molecular flexibility index (Phi) is 7.20. The molecule has 18 heavy (non-hydrogen) atoms. The number of nitrogens with zero attached hydrogens (tertiary/aromatic N) is 2. The van der Waals surface area contributed by atoms with Gasteiger partial charge in [-0.15, -0.1) is 0 Å². The summed E-state index contributed by atoms with van der Waals surface area (Å²) in [5.74, 6) is 1.55. The van der Waals surface area contributed by atoms with Crippen molar-refractivity contribution in [1.29, 1.82) is 0 Å². The molecule has 1 aliphatic rings. The Bertz CT molecular complexity index is 206. The Hall–Kier alpha value is -0.120. The minimum absolute atomic E-state index is 0.598. The predicted molar refractivity (Wildman–Crippen MR) is 79.8 cm³/mol. The van der Waals surface area contributed by atoms with Gasteiger partial charge in [-0.05, 0) is 11.8 Å². The molecular weight excluding hydrogens is 222 g/mol. The van der Waals surface area contributed by atoms with Crippen LogP contribution in [-0.2, 0) is 0 Å². The van der Waals surface area contributed by atoms with Gasteiger partial charge in [0.2, 0.25) is 0 Å². The maximum atomic E-state index is 6.02. The summed E-state index contributed by atoms with van der Waals surface area (Å²) in [5, 5.41) is 0. The first-order chi connectivity index (χ1) is 8.62. The Balaban J connectivity index is 2.44. The third-order valence-electron chi connectivity index (χ3n) is 4.33. The summed E-state index contributed by atoms with van der Waals surface area (Å²) in [7, 11) is 0. The van der Waals surface area contributed by atoms with Crippen LogP contribution in [0.5, 0.6) is 0 Å². The lowest BCUT2D eigenvalue weighted by Crippen LogP contribution is -2.54. The molecule has 0 spiro atoms. The van der Waals surface area contributed by atoms with Gasteiger partial charge in [0, 0.05) is 45.3 Å². The van der Waals surface area contributed by atoms with Gasteiger partial charge in [0.05, 0.1) is 0 Å². The van der Waals surface area contributed by atoms with Gasteiger partial charge in [-0.25, -0.2) is 0 Å². The van der Waals surface area contributed by atoms with E-state index in [1.54, 1.807) is 0 Å². The van der Waals surface area contributed by atoms with Crippen molar-refractivity contribution in [3.63, 3.8) is 0 Å². The van der Waals surface area contributed by atoms with E-state index in [9.17, 15) is 0 Å². The van der Waals surface area contributed by atoms with Crippen molar-refractivity contribution >= 4 is 0 Å². The summed E-state index contributed by atoms with van der Waals surface area (Å²) >= 11 is 0. The average Bonchev–Trinajstić information content (AvgIpc) is 2.36. The molecule has 0 bridgehead atoms. The van der Waals surface area contributed by atoms with Gasteiger partial charge < -0.3 is 10.6 Å². The van der Waals surface area contributed by atoms with E-state index >= 15 is 0 Å². The second-order valence-electron chi connectivity index (χ2n) is 6.11. The maximum absolute atomic E-state index is 6.02. The highest BCUT2D eigenvalue weighted by Crippen LogP contribution is 2.19. The second kappa shape index (κ2) is 8.13. The van der Waals surface area contributed by atoms with Crippen LogP contribution >= 0.6 is 0 Å². The zero-order valence-electron chi connectivity index (χ0n) is 12.9. The standard InChI is InChI=1S/C15H33N3/c1-5-14(6-2)15(11-16)18-9-7-17(8-10-18)12-13(3)4/h13-15H,5-12,16H2,1-4H3. The van der Waals surface area contributed by atoms with Crippen LogP contribution in [0.3, 0.4) is 0 Å². The fourth-order valence-electron chi connectivity index (χ4n) is 3.27. The van der Waals surface area contributed by atoms with Gasteiger partial charge in [0.15, 0.2) is 0 Å². The van der Waals surface area contributed by atoms with Crippen LogP contribution in [0.4, 0.5) is 0 Å². The summed E-state index contributed by atoms with van der Waals surface area (Å²) in [4.78, 5) is 5.23. The first-order valence-electron chi connectivity index (χ1n) is 7.78. The van der Waals surface area contributed by atoms with Gasteiger partial charge in [-0.2, -0.15) is 0 Å². The minimum Gasteiger partial charge on any atom is -0.329 e. The minimum atomic E-state index is 0.598. The van der Waals surface area contributed by atoms with E-state index in [0.717, 1.165) is 18.4 Å². The molecule has 1 fully saturated rings. The number of nitrogens with two attached hydrogens (primary N) is 1. The number of rotatable bonds is 7. The lowest BCUT2D eigenvalue weighted by atomic mass is 9.92. The third kappa shape index (κ3) is 4.52. The number of hydrogen-bond acceptors (Lipinski definition) is 3. The van der Waals surface area contributed by atoms with Crippen molar-refractivity contribution < 1.29 is 0 Å². The molecule has 0 saturated carbocycles. The fourth-order valence-corrected chi connectivity index (χ4v) is 3.27. The Labute approximate surface area is 114 Å². The van der Waals surface area contributed by atoms with Crippen molar-refractivity contribution in [2.24, 2.45) is 17.6 Å². The molecule has 1 saturated heterocycles. The molecule has 0 aromatic heterocycles. The molecule has 2 N–H and O–H groups in total. The van der Waals surface area contributed by atoms with Gasteiger partial charge >= 0.3 is 0 Å². The van der Waals surface area contributed by atoms with E-state index < -0.39 is 0 Å². The highest BCUT2D eigenvalue weighted by Gasteiger charge is 2.27. The molecule has 0 aromatic carbocycles. The van der Waals surface area contributed by atoms with Crippen LogP contribution in [0.25, 0.3) is 0 Å². The molecular formula is C15H33N3.